The first-order valence-electron chi connectivity index (χ1n) is 5.28. The average molecular weight is 333 g/mol. The topological polar surface area (TPSA) is 171 Å². The summed E-state index contributed by atoms with van der Waals surface area (Å²) < 4.78 is 29.1. The fraction of sp³-hybridized carbons (Fsp3) is 0.714. The smallest absolute Gasteiger partial charge is 0.480 e. The third-order valence-electron chi connectivity index (χ3n) is 2.42. The lowest BCUT2D eigenvalue weighted by Gasteiger charge is -2.21. The first-order chi connectivity index (χ1) is 9.02. The van der Waals surface area contributed by atoms with Crippen LogP contribution in [0.3, 0.4) is 0 Å². The van der Waals surface area contributed by atoms with Gasteiger partial charge in [-0.2, -0.15) is 4.31 Å². The van der Waals surface area contributed by atoms with Crippen LogP contribution >= 0.6 is 15.6 Å². The van der Waals surface area contributed by atoms with Crippen LogP contribution in [-0.4, -0.2) is 55.8 Å². The Hall–Kier alpha value is -0.800. The Bertz CT molecular complexity index is 486. The molecule has 2 atom stereocenters. The van der Waals surface area contributed by atoms with E-state index in [1.54, 1.807) is 0 Å². The fourth-order valence-corrected chi connectivity index (χ4v) is 3.24. The van der Waals surface area contributed by atoms with E-state index in [4.69, 9.17) is 19.8 Å². The largest absolute Gasteiger partial charge is 0.481 e. The Morgan fingerprint density at radius 1 is 1.25 bits per heavy atom. The van der Waals surface area contributed by atoms with Crippen molar-refractivity contribution in [1.82, 2.24) is 4.90 Å². The lowest BCUT2D eigenvalue weighted by molar-refractivity contribution is -0.149. The summed E-state index contributed by atoms with van der Waals surface area (Å²) in [6, 6.07) is -1.05. The van der Waals surface area contributed by atoms with E-state index in [-0.39, 0.29) is 13.0 Å². The van der Waals surface area contributed by atoms with Gasteiger partial charge in [-0.15, -0.1) is 0 Å². The molecule has 0 bridgehead atoms. The number of carbonyl (C=O) groups is 2. The number of phosphoric ester groups is 1. The Balaban J connectivity index is 2.57. The summed E-state index contributed by atoms with van der Waals surface area (Å²) in [7, 11) is -10.4. The molecule has 0 aromatic rings. The van der Waals surface area contributed by atoms with Gasteiger partial charge in [-0.1, -0.05) is 0 Å². The Labute approximate surface area is 113 Å². The summed E-state index contributed by atoms with van der Waals surface area (Å²) in [5.41, 5.74) is 0. The van der Waals surface area contributed by atoms with Gasteiger partial charge in [-0.3, -0.25) is 9.32 Å². The molecule has 0 aromatic heterocycles. The van der Waals surface area contributed by atoms with Crippen LogP contribution in [0.1, 0.15) is 12.8 Å². The number of hydrogen-bond donors (Lipinski definition) is 4. The van der Waals surface area contributed by atoms with Crippen molar-refractivity contribution in [3.05, 3.63) is 0 Å². The molecule has 1 fully saturated rings. The molecular weight excluding hydrogens is 320 g/mol. The highest BCUT2D eigenvalue weighted by atomic mass is 31.3. The summed E-state index contributed by atoms with van der Waals surface area (Å²) in [5, 5.41) is 8.85. The number of carboxylic acid groups (broad SMARTS) is 1. The highest BCUT2D eigenvalue weighted by molar-refractivity contribution is 7.60. The van der Waals surface area contributed by atoms with E-state index < -0.39 is 40.2 Å². The van der Waals surface area contributed by atoms with Crippen molar-refractivity contribution in [2.45, 2.75) is 18.9 Å². The van der Waals surface area contributed by atoms with Crippen molar-refractivity contribution in [3.63, 3.8) is 0 Å². The molecule has 0 aliphatic carbocycles. The average Bonchev–Trinajstić information content (AvgIpc) is 2.71. The molecule has 1 aliphatic heterocycles. The molecule has 1 heterocycles. The van der Waals surface area contributed by atoms with Crippen LogP contribution in [0.25, 0.3) is 0 Å². The second-order valence-corrected chi connectivity index (χ2v) is 6.73. The number of carboxylic acids is 1. The molecule has 4 N–H and O–H groups in total. The van der Waals surface area contributed by atoms with Gasteiger partial charge in [0.2, 0.25) is 5.91 Å². The number of carbonyl (C=O) groups excluding carboxylic acids is 1. The molecule has 2 unspecified atom stereocenters. The number of amides is 1. The quantitative estimate of drug-likeness (QED) is 0.455. The predicted molar refractivity (Wildman–Crippen MR) is 61.3 cm³/mol. The summed E-state index contributed by atoms with van der Waals surface area (Å²) >= 11 is 0. The van der Waals surface area contributed by atoms with Crippen molar-refractivity contribution < 1.29 is 47.3 Å². The third-order valence-corrected chi connectivity index (χ3v) is 4.55. The van der Waals surface area contributed by atoms with Gasteiger partial charge < -0.3 is 24.7 Å². The van der Waals surface area contributed by atoms with E-state index in [0.717, 1.165) is 4.90 Å². The molecule has 0 aromatic carbocycles. The van der Waals surface area contributed by atoms with Gasteiger partial charge in [0.15, 0.2) is 0 Å². The van der Waals surface area contributed by atoms with Crippen molar-refractivity contribution in [3.8, 4) is 0 Å². The van der Waals surface area contributed by atoms with Gasteiger partial charge in [0, 0.05) is 6.54 Å². The van der Waals surface area contributed by atoms with E-state index in [1.807, 2.05) is 0 Å². The Morgan fingerprint density at radius 2 is 1.85 bits per heavy atom. The maximum atomic E-state index is 11.6. The van der Waals surface area contributed by atoms with Crippen LogP contribution in [0.5, 0.6) is 0 Å². The lowest BCUT2D eigenvalue weighted by Crippen LogP contribution is -2.42. The van der Waals surface area contributed by atoms with E-state index in [2.05, 4.69) is 8.83 Å². The summed E-state index contributed by atoms with van der Waals surface area (Å²) in [4.78, 5) is 49.1. The van der Waals surface area contributed by atoms with E-state index in [9.17, 15) is 18.7 Å². The summed E-state index contributed by atoms with van der Waals surface area (Å²) in [6.07, 6.45) is 0.704. The van der Waals surface area contributed by atoms with Crippen LogP contribution in [0.2, 0.25) is 0 Å². The van der Waals surface area contributed by atoms with Crippen molar-refractivity contribution >= 4 is 27.5 Å². The van der Waals surface area contributed by atoms with Crippen molar-refractivity contribution in [2.75, 3.05) is 13.2 Å². The molecule has 11 nitrogen and oxygen atoms in total. The van der Waals surface area contributed by atoms with E-state index in [0.29, 0.717) is 6.42 Å². The van der Waals surface area contributed by atoms with Gasteiger partial charge in [0.05, 0.1) is 0 Å². The molecule has 1 rings (SSSR count). The Kier molecular flexibility index (Phi) is 5.45. The SMILES string of the molecule is O=C(O)C1CCCN1C(=O)COP(=O)(O)OP(=O)(O)O. The zero-order valence-electron chi connectivity index (χ0n) is 9.99. The minimum Gasteiger partial charge on any atom is -0.480 e. The number of aliphatic carboxylic acids is 1. The predicted octanol–water partition coefficient (Wildman–Crippen LogP) is -0.712. The monoisotopic (exact) mass is 333 g/mol. The van der Waals surface area contributed by atoms with Gasteiger partial charge >= 0.3 is 21.6 Å². The second-order valence-electron chi connectivity index (χ2n) is 3.90. The highest BCUT2D eigenvalue weighted by Crippen LogP contribution is 2.57. The van der Waals surface area contributed by atoms with Crippen LogP contribution in [0, 0.1) is 0 Å². The molecule has 0 spiro atoms. The molecule has 0 saturated carbocycles. The zero-order valence-corrected chi connectivity index (χ0v) is 11.8. The zero-order chi connectivity index (χ0) is 15.6. The van der Waals surface area contributed by atoms with Crippen LogP contribution in [0.4, 0.5) is 0 Å². The van der Waals surface area contributed by atoms with Gasteiger partial charge in [0.25, 0.3) is 0 Å². The fourth-order valence-electron chi connectivity index (χ4n) is 1.70. The first kappa shape index (κ1) is 17.3. The van der Waals surface area contributed by atoms with Crippen LogP contribution in [-0.2, 0) is 27.6 Å². The number of rotatable bonds is 6. The molecule has 0 radical (unpaired) electrons. The number of likely N-dealkylation sites (tertiary alicyclic amines) is 1. The van der Waals surface area contributed by atoms with Crippen molar-refractivity contribution in [1.29, 1.82) is 0 Å². The second kappa shape index (κ2) is 6.31. The van der Waals surface area contributed by atoms with E-state index in [1.165, 1.54) is 0 Å². The van der Waals surface area contributed by atoms with Crippen molar-refractivity contribution in [2.24, 2.45) is 0 Å². The van der Waals surface area contributed by atoms with Gasteiger partial charge in [-0.05, 0) is 12.8 Å². The van der Waals surface area contributed by atoms with Crippen LogP contribution in [0.15, 0.2) is 0 Å². The number of phosphoric acid groups is 2. The molecule has 20 heavy (non-hydrogen) atoms. The highest BCUT2D eigenvalue weighted by Gasteiger charge is 2.37. The standard InChI is InChI=1S/C7H13NO10P2/c9-6(8-3-1-2-5(8)7(10)11)4-17-20(15,16)18-19(12,13)14/h5H,1-4H2,(H,10,11)(H,15,16)(H2,12,13,14). The molecule has 1 saturated heterocycles. The molecule has 13 heteroatoms. The molecular formula is C7H13NO10P2. The molecule has 1 aliphatic rings. The number of nitrogens with zero attached hydrogens (tertiary/aromatic N) is 1. The lowest BCUT2D eigenvalue weighted by atomic mass is 10.2. The third kappa shape index (κ3) is 5.29. The van der Waals surface area contributed by atoms with Crippen LogP contribution < -0.4 is 0 Å². The minimum absolute atomic E-state index is 0.147. The molecule has 1 amide bonds. The maximum absolute atomic E-state index is 11.6. The Morgan fingerprint density at radius 3 is 2.35 bits per heavy atom. The summed E-state index contributed by atoms with van der Waals surface area (Å²) in [5.74, 6) is -2.10. The van der Waals surface area contributed by atoms with Gasteiger partial charge in [-0.25, -0.2) is 13.9 Å². The van der Waals surface area contributed by atoms with Gasteiger partial charge in [0.1, 0.15) is 12.6 Å². The van der Waals surface area contributed by atoms with E-state index >= 15 is 0 Å². The molecule has 116 valence electrons. The summed E-state index contributed by atoms with van der Waals surface area (Å²) in [6.45, 7) is -0.883. The first-order valence-corrected chi connectivity index (χ1v) is 8.31. The normalized spacial score (nSPS) is 22.6. The number of hydrogen-bond acceptors (Lipinski definition) is 6. The maximum Gasteiger partial charge on any atom is 0.481 e. The minimum atomic E-state index is -5.26.